The number of amides is 3. The van der Waals surface area contributed by atoms with E-state index in [-0.39, 0.29) is 23.5 Å². The summed E-state index contributed by atoms with van der Waals surface area (Å²) in [6, 6.07) is 11.6. The highest BCUT2D eigenvalue weighted by molar-refractivity contribution is 6.00. The lowest BCUT2D eigenvalue weighted by Gasteiger charge is -2.14. The van der Waals surface area contributed by atoms with Gasteiger partial charge in [0.1, 0.15) is 0 Å². The molecule has 0 saturated heterocycles. The van der Waals surface area contributed by atoms with Crippen LogP contribution < -0.4 is 16.4 Å². The maximum absolute atomic E-state index is 12.1. The highest BCUT2D eigenvalue weighted by atomic mass is 16.6. The molecular weight excluding hydrogens is 368 g/mol. The van der Waals surface area contributed by atoms with Crippen LogP contribution in [-0.2, 0) is 16.1 Å². The molecule has 0 radical (unpaired) electrons. The number of hydrogen-bond donors (Lipinski definition) is 3. The molecule has 2 aromatic carbocycles. The number of non-ortho nitro benzene ring substituents is 1. The molecule has 2 rings (SSSR count). The lowest BCUT2D eigenvalue weighted by molar-refractivity contribution is -0.384. The number of nitro benzene ring substituents is 1. The first kappa shape index (κ1) is 20.4. The van der Waals surface area contributed by atoms with Crippen molar-refractivity contribution < 1.29 is 24.0 Å². The van der Waals surface area contributed by atoms with E-state index in [1.807, 2.05) is 11.4 Å². The fraction of sp³-hybridized carbons (Fsp3) is 0.167. The number of benzene rings is 2. The monoisotopic (exact) mass is 386 g/mol. The van der Waals surface area contributed by atoms with Crippen LogP contribution in [0, 0.1) is 10.1 Å². The van der Waals surface area contributed by atoms with Crippen LogP contribution in [0.2, 0.25) is 0 Å². The number of urea groups is 1. The third-order valence-corrected chi connectivity index (χ3v) is 3.65. The number of nitrogens with zero attached hydrogens (tertiary/aromatic N) is 1. The molecule has 0 aliphatic rings. The summed E-state index contributed by atoms with van der Waals surface area (Å²) in [5, 5.41) is 15.3. The van der Waals surface area contributed by atoms with Crippen molar-refractivity contribution in [3.05, 3.63) is 69.8 Å². The van der Waals surface area contributed by atoms with Crippen molar-refractivity contribution in [3.63, 3.8) is 0 Å². The Morgan fingerprint density at radius 1 is 1.18 bits per heavy atom. The zero-order chi connectivity index (χ0) is 20.7. The predicted octanol–water partition coefficient (Wildman–Crippen LogP) is 1.75. The van der Waals surface area contributed by atoms with Crippen LogP contribution in [0.3, 0.4) is 0 Å². The molecule has 0 heterocycles. The summed E-state index contributed by atoms with van der Waals surface area (Å²) in [4.78, 5) is 46.0. The molecule has 0 aliphatic heterocycles. The van der Waals surface area contributed by atoms with E-state index in [1.54, 1.807) is 24.3 Å². The summed E-state index contributed by atoms with van der Waals surface area (Å²) in [5.74, 6) is -1.88. The van der Waals surface area contributed by atoms with E-state index in [1.165, 1.54) is 13.0 Å². The molecule has 28 heavy (non-hydrogen) atoms. The fourth-order valence-electron chi connectivity index (χ4n) is 2.15. The van der Waals surface area contributed by atoms with Crippen molar-refractivity contribution in [2.45, 2.75) is 19.6 Å². The van der Waals surface area contributed by atoms with E-state index in [0.717, 1.165) is 17.7 Å². The van der Waals surface area contributed by atoms with E-state index in [4.69, 9.17) is 10.5 Å². The number of rotatable bonds is 6. The van der Waals surface area contributed by atoms with Gasteiger partial charge in [-0.1, -0.05) is 30.3 Å². The van der Waals surface area contributed by atoms with Gasteiger partial charge in [0.2, 0.25) is 0 Å². The van der Waals surface area contributed by atoms with Crippen molar-refractivity contribution in [2.75, 3.05) is 5.73 Å². The number of ether oxygens (including phenoxy) is 1. The minimum Gasteiger partial charge on any atom is -0.449 e. The maximum Gasteiger partial charge on any atom is 0.341 e. The summed E-state index contributed by atoms with van der Waals surface area (Å²) < 4.78 is 4.94. The smallest absolute Gasteiger partial charge is 0.341 e. The molecule has 146 valence electrons. The van der Waals surface area contributed by atoms with Gasteiger partial charge < -0.3 is 15.8 Å². The van der Waals surface area contributed by atoms with Crippen LogP contribution >= 0.6 is 0 Å². The molecule has 0 aliphatic carbocycles. The maximum atomic E-state index is 12.1. The Hall–Kier alpha value is -3.95. The van der Waals surface area contributed by atoms with E-state index in [2.05, 4.69) is 5.32 Å². The van der Waals surface area contributed by atoms with Gasteiger partial charge in [0.25, 0.3) is 11.6 Å². The van der Waals surface area contributed by atoms with Crippen molar-refractivity contribution >= 4 is 29.3 Å². The van der Waals surface area contributed by atoms with Gasteiger partial charge in [-0.2, -0.15) is 0 Å². The second-order valence-corrected chi connectivity index (χ2v) is 5.73. The van der Waals surface area contributed by atoms with Crippen molar-refractivity contribution in [3.8, 4) is 0 Å². The highest BCUT2D eigenvalue weighted by Gasteiger charge is 2.23. The van der Waals surface area contributed by atoms with Gasteiger partial charge >= 0.3 is 12.0 Å². The van der Waals surface area contributed by atoms with Crippen LogP contribution in [-0.4, -0.2) is 28.9 Å². The fourth-order valence-corrected chi connectivity index (χ4v) is 2.15. The average molecular weight is 386 g/mol. The second kappa shape index (κ2) is 9.12. The Bertz CT molecular complexity index is 900. The number of esters is 1. The largest absolute Gasteiger partial charge is 0.449 e. The number of anilines is 1. The Morgan fingerprint density at radius 3 is 2.50 bits per heavy atom. The molecule has 0 aromatic heterocycles. The van der Waals surface area contributed by atoms with Gasteiger partial charge in [-0.25, -0.2) is 9.59 Å². The summed E-state index contributed by atoms with van der Waals surface area (Å²) in [5.41, 5.74) is 5.83. The number of nitro groups is 1. The van der Waals surface area contributed by atoms with Crippen LogP contribution in [0.5, 0.6) is 0 Å². The molecule has 1 atom stereocenters. The molecule has 3 amide bonds. The van der Waals surface area contributed by atoms with Crippen molar-refractivity contribution in [1.29, 1.82) is 0 Å². The number of nitrogen functional groups attached to an aromatic ring is 1. The Morgan fingerprint density at radius 2 is 1.86 bits per heavy atom. The topological polar surface area (TPSA) is 154 Å². The van der Waals surface area contributed by atoms with E-state index in [0.29, 0.717) is 0 Å². The number of hydrogen-bond acceptors (Lipinski definition) is 7. The SMILES string of the molecule is CC(OC(=O)c1cc([N+](=O)[O-])ccc1N)C(=O)NC(=O)NCc1ccccc1. The molecule has 0 bridgehead atoms. The Kier molecular flexibility index (Phi) is 6.63. The molecule has 10 nitrogen and oxygen atoms in total. The predicted molar refractivity (Wildman–Crippen MR) is 99.2 cm³/mol. The van der Waals surface area contributed by atoms with E-state index >= 15 is 0 Å². The average Bonchev–Trinajstić information content (AvgIpc) is 2.67. The normalized spacial score (nSPS) is 11.2. The third kappa shape index (κ3) is 5.53. The second-order valence-electron chi connectivity index (χ2n) is 5.73. The lowest BCUT2D eigenvalue weighted by atomic mass is 10.1. The first-order valence-electron chi connectivity index (χ1n) is 8.15. The van der Waals surface area contributed by atoms with Gasteiger partial charge in [0, 0.05) is 24.4 Å². The number of carbonyl (C=O) groups is 3. The summed E-state index contributed by atoms with van der Waals surface area (Å²) in [7, 11) is 0. The lowest BCUT2D eigenvalue weighted by Crippen LogP contribution is -2.44. The van der Waals surface area contributed by atoms with Crippen LogP contribution in [0.1, 0.15) is 22.8 Å². The Labute approximate surface area is 159 Å². The van der Waals surface area contributed by atoms with Crippen LogP contribution in [0.4, 0.5) is 16.2 Å². The highest BCUT2D eigenvalue weighted by Crippen LogP contribution is 2.20. The summed E-state index contributed by atoms with van der Waals surface area (Å²) in [6.07, 6.45) is -1.33. The quantitative estimate of drug-likeness (QED) is 0.296. The van der Waals surface area contributed by atoms with E-state index < -0.39 is 28.9 Å². The van der Waals surface area contributed by atoms with Crippen LogP contribution in [0.15, 0.2) is 48.5 Å². The first-order chi connectivity index (χ1) is 13.3. The van der Waals surface area contributed by atoms with Gasteiger partial charge in [-0.05, 0) is 18.6 Å². The molecular formula is C18H18N4O6. The molecule has 0 fully saturated rings. The van der Waals surface area contributed by atoms with Gasteiger partial charge in [-0.15, -0.1) is 0 Å². The minimum absolute atomic E-state index is 0.0381. The summed E-state index contributed by atoms with van der Waals surface area (Å²) >= 11 is 0. The molecule has 10 heteroatoms. The number of imide groups is 1. The standard InChI is InChI=1S/C18H18N4O6/c1-11(16(23)21-18(25)20-10-12-5-3-2-4-6-12)28-17(24)14-9-13(22(26)27)7-8-15(14)19/h2-9,11H,10,19H2,1H3,(H2,20,21,23,25). The zero-order valence-electron chi connectivity index (χ0n) is 14.9. The molecule has 4 N–H and O–H groups in total. The number of nitrogens with one attached hydrogen (secondary N) is 2. The molecule has 1 unspecified atom stereocenters. The van der Waals surface area contributed by atoms with Crippen molar-refractivity contribution in [2.24, 2.45) is 0 Å². The minimum atomic E-state index is -1.33. The van der Waals surface area contributed by atoms with Crippen molar-refractivity contribution in [1.82, 2.24) is 10.6 Å². The Balaban J connectivity index is 1.91. The van der Waals surface area contributed by atoms with Gasteiger partial charge in [0.05, 0.1) is 10.5 Å². The van der Waals surface area contributed by atoms with Gasteiger partial charge in [0.15, 0.2) is 6.10 Å². The molecule has 0 saturated carbocycles. The third-order valence-electron chi connectivity index (χ3n) is 3.65. The summed E-state index contributed by atoms with van der Waals surface area (Å²) in [6.45, 7) is 1.46. The van der Waals surface area contributed by atoms with Gasteiger partial charge in [-0.3, -0.25) is 20.2 Å². The number of carbonyl (C=O) groups excluding carboxylic acids is 3. The van der Waals surface area contributed by atoms with E-state index in [9.17, 15) is 24.5 Å². The zero-order valence-corrected chi connectivity index (χ0v) is 14.9. The number of nitrogens with two attached hydrogens (primary N) is 1. The first-order valence-corrected chi connectivity index (χ1v) is 8.15. The van der Waals surface area contributed by atoms with Crippen LogP contribution in [0.25, 0.3) is 0 Å². The molecule has 2 aromatic rings. The molecule has 0 spiro atoms.